The molecule has 1 saturated heterocycles. The third-order valence-corrected chi connectivity index (χ3v) is 8.45. The van der Waals surface area contributed by atoms with Crippen LogP contribution in [0.2, 0.25) is 0 Å². The Morgan fingerprint density at radius 2 is 1.71 bits per heavy atom. The molecule has 0 bridgehead atoms. The van der Waals surface area contributed by atoms with Crippen molar-refractivity contribution in [1.82, 2.24) is 0 Å². The fraction of sp³-hybridized carbons (Fsp3) is 0.290. The lowest BCUT2D eigenvalue weighted by atomic mass is 9.59. The van der Waals surface area contributed by atoms with E-state index in [1.807, 2.05) is 18.2 Å². The number of hydrogen-bond donors (Lipinski definition) is 1. The van der Waals surface area contributed by atoms with Gasteiger partial charge < -0.3 is 9.84 Å². The molecule has 208 valence electrons. The Kier molecular flexibility index (Phi) is 6.50. The average Bonchev–Trinajstić information content (AvgIpc) is 3.23. The molecule has 10 nitrogen and oxygen atoms in total. The minimum Gasteiger partial charge on any atom is -0.491 e. The number of Topliss-reactive ketones (excluding diaryl/α,β-unsaturated/α-hetero) is 1. The van der Waals surface area contributed by atoms with Crippen molar-refractivity contribution < 1.29 is 33.9 Å². The average molecular weight is 555 g/mol. The number of allylic oxidation sites excluding steroid dienone is 6. The number of ether oxygens (including phenoxy) is 1. The molecule has 4 aliphatic rings. The van der Waals surface area contributed by atoms with Gasteiger partial charge in [0.15, 0.2) is 11.6 Å². The topological polar surface area (TPSA) is 144 Å². The van der Waals surface area contributed by atoms with Gasteiger partial charge in [-0.1, -0.05) is 23.8 Å². The van der Waals surface area contributed by atoms with Gasteiger partial charge in [0.05, 0.1) is 29.1 Å². The van der Waals surface area contributed by atoms with Crippen LogP contribution >= 0.6 is 0 Å². The molecule has 3 aliphatic carbocycles. The maximum atomic E-state index is 13.9. The van der Waals surface area contributed by atoms with E-state index in [0.29, 0.717) is 28.9 Å². The lowest BCUT2D eigenvalue weighted by Gasteiger charge is -2.42. The second-order valence-corrected chi connectivity index (χ2v) is 10.7. The van der Waals surface area contributed by atoms with E-state index in [9.17, 15) is 29.3 Å². The van der Waals surface area contributed by atoms with Crippen LogP contribution in [0.4, 0.5) is 11.4 Å². The number of nitro groups is 1. The molecule has 10 heteroatoms. The van der Waals surface area contributed by atoms with E-state index in [2.05, 4.69) is 0 Å². The molecular weight excluding hydrogens is 528 g/mol. The number of fused-ring (bicyclic) bond motifs is 3. The van der Waals surface area contributed by atoms with E-state index in [1.165, 1.54) is 30.3 Å². The number of non-ortho nitro benzene ring substituents is 1. The number of anilines is 1. The Labute approximate surface area is 234 Å². The van der Waals surface area contributed by atoms with E-state index in [0.717, 1.165) is 16.0 Å². The van der Waals surface area contributed by atoms with Gasteiger partial charge in [-0.2, -0.15) is 0 Å². The number of aliphatic hydroxyl groups excluding tert-OH is 1. The zero-order valence-corrected chi connectivity index (χ0v) is 22.1. The summed E-state index contributed by atoms with van der Waals surface area (Å²) in [5, 5.41) is 20.2. The first-order valence-electron chi connectivity index (χ1n) is 13.4. The molecule has 4 atom stereocenters. The van der Waals surface area contributed by atoms with Gasteiger partial charge in [0.2, 0.25) is 11.8 Å². The molecule has 0 aromatic heterocycles. The number of carbonyl (C=O) groups is 4. The lowest BCUT2D eigenvalue weighted by molar-refractivity contribution is -0.384. The summed E-state index contributed by atoms with van der Waals surface area (Å²) in [6, 6.07) is 12.4. The summed E-state index contributed by atoms with van der Waals surface area (Å²) >= 11 is 0. The Bertz CT molecular complexity index is 1600. The van der Waals surface area contributed by atoms with Crippen molar-refractivity contribution in [3.05, 3.63) is 98.7 Å². The molecule has 1 heterocycles. The number of benzene rings is 2. The van der Waals surface area contributed by atoms with Crippen LogP contribution in [0.15, 0.2) is 83.0 Å². The summed E-state index contributed by atoms with van der Waals surface area (Å²) in [5.41, 5.74) is 2.79. The van der Waals surface area contributed by atoms with Crippen LogP contribution < -0.4 is 9.64 Å². The van der Waals surface area contributed by atoms with Crippen molar-refractivity contribution in [2.75, 3.05) is 18.1 Å². The van der Waals surface area contributed by atoms with Gasteiger partial charge in [-0.05, 0) is 61.6 Å². The van der Waals surface area contributed by atoms with E-state index >= 15 is 0 Å². The predicted molar refractivity (Wildman–Crippen MR) is 146 cm³/mol. The van der Waals surface area contributed by atoms with Crippen LogP contribution in [0.5, 0.6) is 5.75 Å². The van der Waals surface area contributed by atoms with Crippen LogP contribution in [-0.4, -0.2) is 46.6 Å². The van der Waals surface area contributed by atoms with Gasteiger partial charge in [-0.3, -0.25) is 34.2 Å². The summed E-state index contributed by atoms with van der Waals surface area (Å²) in [6.45, 7) is 1.60. The Balaban J connectivity index is 1.41. The maximum Gasteiger partial charge on any atom is 0.269 e. The molecule has 1 aliphatic heterocycles. The van der Waals surface area contributed by atoms with Crippen LogP contribution in [-0.2, 0) is 19.2 Å². The number of imide groups is 1. The number of hydrogen-bond acceptors (Lipinski definition) is 8. The summed E-state index contributed by atoms with van der Waals surface area (Å²) < 4.78 is 5.49. The van der Waals surface area contributed by atoms with Crippen LogP contribution in [0.3, 0.4) is 0 Å². The standard InChI is InChI=1S/C31H26N2O8/c1-16-14-25(35)28-24(29(16)36)15-23-21(26(28)17-2-8-20(9-3-17)41-13-12-34)10-11-22-27(23)31(38)32(30(22)37)18-4-6-19(7-5-18)33(39)40/h2-10,14,22-23,26-27,34H,11-13,15H2,1H3/t22-,23+,26-,27-/m0/s1. The van der Waals surface area contributed by atoms with Crippen molar-refractivity contribution in [3.63, 3.8) is 0 Å². The molecule has 0 saturated carbocycles. The van der Waals surface area contributed by atoms with Gasteiger partial charge >= 0.3 is 0 Å². The summed E-state index contributed by atoms with van der Waals surface area (Å²) in [6.07, 6.45) is 3.75. The van der Waals surface area contributed by atoms with Gasteiger partial charge in [-0.25, -0.2) is 0 Å². The number of nitrogens with zero attached hydrogens (tertiary/aromatic N) is 2. The molecule has 41 heavy (non-hydrogen) atoms. The Morgan fingerprint density at radius 1 is 1.00 bits per heavy atom. The van der Waals surface area contributed by atoms with E-state index < -0.39 is 34.5 Å². The SMILES string of the molecule is CC1=CC(=O)C2=C(C[C@@H]3C(=CC[C@@H]4C(=O)N(c5ccc([N+](=O)[O-])cc5)C(=O)[C@@H]43)[C@@H]2c2ccc(OCCO)cc2)C1=O. The number of aliphatic hydroxyl groups is 1. The van der Waals surface area contributed by atoms with Gasteiger partial charge in [0, 0.05) is 34.8 Å². The largest absolute Gasteiger partial charge is 0.491 e. The predicted octanol–water partition coefficient (Wildman–Crippen LogP) is 3.60. The van der Waals surface area contributed by atoms with Crippen molar-refractivity contribution in [2.45, 2.75) is 25.7 Å². The molecule has 2 aromatic rings. The highest BCUT2D eigenvalue weighted by Crippen LogP contribution is 2.55. The molecule has 6 rings (SSSR count). The molecule has 2 amide bonds. The smallest absolute Gasteiger partial charge is 0.269 e. The minimum absolute atomic E-state index is 0.132. The van der Waals surface area contributed by atoms with Crippen molar-refractivity contribution >= 4 is 34.8 Å². The first-order valence-corrected chi connectivity index (χ1v) is 13.4. The number of ketones is 2. The zero-order valence-electron chi connectivity index (χ0n) is 22.1. The summed E-state index contributed by atoms with van der Waals surface area (Å²) in [7, 11) is 0. The third kappa shape index (κ3) is 4.22. The zero-order chi connectivity index (χ0) is 29.0. The number of carbonyl (C=O) groups excluding carboxylic acids is 4. The fourth-order valence-corrected chi connectivity index (χ4v) is 6.66. The van der Waals surface area contributed by atoms with E-state index in [1.54, 1.807) is 19.1 Å². The Morgan fingerprint density at radius 3 is 2.37 bits per heavy atom. The number of nitro benzene ring substituents is 1. The monoisotopic (exact) mass is 554 g/mol. The quantitative estimate of drug-likeness (QED) is 0.188. The summed E-state index contributed by atoms with van der Waals surface area (Å²) in [5.74, 6) is -3.18. The van der Waals surface area contributed by atoms with Crippen molar-refractivity contribution in [2.24, 2.45) is 17.8 Å². The second-order valence-electron chi connectivity index (χ2n) is 10.7. The molecule has 0 unspecified atom stereocenters. The van der Waals surface area contributed by atoms with Gasteiger partial charge in [0.25, 0.3) is 5.69 Å². The highest BCUT2D eigenvalue weighted by Gasteiger charge is 2.56. The fourth-order valence-electron chi connectivity index (χ4n) is 6.66. The first-order chi connectivity index (χ1) is 19.7. The molecule has 1 N–H and O–H groups in total. The molecule has 1 fully saturated rings. The highest BCUT2D eigenvalue weighted by atomic mass is 16.6. The van der Waals surface area contributed by atoms with Crippen molar-refractivity contribution in [3.8, 4) is 5.75 Å². The number of rotatable bonds is 6. The van der Waals surface area contributed by atoms with Crippen LogP contribution in [0, 0.1) is 27.9 Å². The lowest BCUT2D eigenvalue weighted by Crippen LogP contribution is -2.39. The van der Waals surface area contributed by atoms with Crippen LogP contribution in [0.25, 0.3) is 0 Å². The maximum absolute atomic E-state index is 13.9. The highest BCUT2D eigenvalue weighted by molar-refractivity contribution is 6.25. The molecule has 0 radical (unpaired) electrons. The van der Waals surface area contributed by atoms with Gasteiger partial charge in [-0.15, -0.1) is 0 Å². The molecule has 2 aromatic carbocycles. The Hall–Kier alpha value is -4.70. The van der Waals surface area contributed by atoms with Crippen molar-refractivity contribution in [1.29, 1.82) is 0 Å². The minimum atomic E-state index is -0.740. The van der Waals surface area contributed by atoms with E-state index in [4.69, 9.17) is 9.84 Å². The van der Waals surface area contributed by atoms with E-state index in [-0.39, 0.29) is 48.5 Å². The number of amides is 2. The van der Waals surface area contributed by atoms with Crippen LogP contribution in [0.1, 0.15) is 31.2 Å². The second kappa shape index (κ2) is 10.0. The first kappa shape index (κ1) is 26.5. The molecular formula is C31H26N2O8. The molecule has 0 spiro atoms. The third-order valence-electron chi connectivity index (χ3n) is 8.45. The van der Waals surface area contributed by atoms with Gasteiger partial charge in [0.1, 0.15) is 12.4 Å². The normalized spacial score (nSPS) is 25.4. The summed E-state index contributed by atoms with van der Waals surface area (Å²) in [4.78, 5) is 65.8.